The Kier molecular flexibility index (Phi) is 3.50. The first kappa shape index (κ1) is 15.6. The van der Waals surface area contributed by atoms with Crippen LogP contribution in [-0.4, -0.2) is 29.1 Å². The summed E-state index contributed by atoms with van der Waals surface area (Å²) in [6.45, 7) is 3.75. The van der Waals surface area contributed by atoms with Gasteiger partial charge < -0.3 is 16.0 Å². The van der Waals surface area contributed by atoms with Gasteiger partial charge in [-0.2, -0.15) is 0 Å². The number of rotatable bonds is 3. The number of nitrogens with zero attached hydrogens (tertiary/aromatic N) is 2. The van der Waals surface area contributed by atoms with Crippen molar-refractivity contribution in [2.45, 2.75) is 12.2 Å². The Labute approximate surface area is 144 Å². The number of sulfone groups is 1. The molecule has 1 aromatic carbocycles. The maximum absolute atomic E-state index is 12.0. The highest BCUT2D eigenvalue weighted by molar-refractivity contribution is 7.90. The lowest BCUT2D eigenvalue weighted by Gasteiger charge is -2.13. The van der Waals surface area contributed by atoms with E-state index in [0.29, 0.717) is 23.6 Å². The molecule has 2 aromatic heterocycles. The van der Waals surface area contributed by atoms with E-state index < -0.39 is 9.84 Å². The molecule has 0 atom stereocenters. The molecule has 3 heterocycles. The number of benzene rings is 1. The predicted octanol–water partition coefficient (Wildman–Crippen LogP) is 2.40. The molecule has 3 aromatic rings. The van der Waals surface area contributed by atoms with E-state index in [0.717, 1.165) is 27.9 Å². The van der Waals surface area contributed by atoms with Gasteiger partial charge in [-0.3, -0.25) is 0 Å². The van der Waals surface area contributed by atoms with Crippen molar-refractivity contribution in [3.8, 4) is 0 Å². The summed E-state index contributed by atoms with van der Waals surface area (Å²) in [5.41, 5.74) is 10.4. The SMILES string of the molecule is C=Cc1cc(Nc2ncnc3[nH]c4c(c23)CS(=O)(=O)CC4)ccc1N. The molecule has 0 amide bonds. The van der Waals surface area contributed by atoms with Crippen LogP contribution in [0.1, 0.15) is 16.8 Å². The first-order valence-corrected chi connectivity index (χ1v) is 9.63. The summed E-state index contributed by atoms with van der Waals surface area (Å²) in [6.07, 6.45) is 3.60. The van der Waals surface area contributed by atoms with E-state index in [9.17, 15) is 8.42 Å². The third kappa shape index (κ3) is 2.74. The van der Waals surface area contributed by atoms with Crippen molar-refractivity contribution in [2.75, 3.05) is 16.8 Å². The molecule has 0 unspecified atom stereocenters. The maximum Gasteiger partial charge on any atom is 0.154 e. The van der Waals surface area contributed by atoms with E-state index in [4.69, 9.17) is 5.73 Å². The molecule has 0 saturated heterocycles. The molecule has 4 rings (SSSR count). The molecule has 1 aliphatic rings. The van der Waals surface area contributed by atoms with Crippen molar-refractivity contribution in [2.24, 2.45) is 0 Å². The van der Waals surface area contributed by atoms with E-state index in [1.165, 1.54) is 6.33 Å². The molecule has 25 heavy (non-hydrogen) atoms. The van der Waals surface area contributed by atoms with Gasteiger partial charge in [0.05, 0.1) is 16.9 Å². The Balaban J connectivity index is 1.83. The monoisotopic (exact) mass is 355 g/mol. The van der Waals surface area contributed by atoms with Gasteiger partial charge in [0.2, 0.25) is 0 Å². The number of fused-ring (bicyclic) bond motifs is 3. The van der Waals surface area contributed by atoms with Gasteiger partial charge in [-0.1, -0.05) is 12.7 Å². The molecule has 0 aliphatic carbocycles. The molecule has 0 radical (unpaired) electrons. The summed E-state index contributed by atoms with van der Waals surface area (Å²) in [5, 5.41) is 3.96. The molecule has 1 aliphatic heterocycles. The number of nitrogen functional groups attached to an aromatic ring is 1. The summed E-state index contributed by atoms with van der Waals surface area (Å²) in [6, 6.07) is 5.49. The van der Waals surface area contributed by atoms with Gasteiger partial charge >= 0.3 is 0 Å². The van der Waals surface area contributed by atoms with Crippen LogP contribution in [0.3, 0.4) is 0 Å². The highest BCUT2D eigenvalue weighted by Crippen LogP contribution is 2.33. The molecule has 8 heteroatoms. The number of nitrogens with two attached hydrogens (primary N) is 1. The van der Waals surface area contributed by atoms with Crippen LogP contribution < -0.4 is 11.1 Å². The largest absolute Gasteiger partial charge is 0.398 e. The predicted molar refractivity (Wildman–Crippen MR) is 99.3 cm³/mol. The quantitative estimate of drug-likeness (QED) is 0.622. The lowest BCUT2D eigenvalue weighted by Crippen LogP contribution is -2.18. The van der Waals surface area contributed by atoms with Crippen LogP contribution in [0.25, 0.3) is 17.1 Å². The molecule has 0 bridgehead atoms. The van der Waals surface area contributed by atoms with E-state index in [1.807, 2.05) is 12.1 Å². The van der Waals surface area contributed by atoms with Gasteiger partial charge in [0.15, 0.2) is 9.84 Å². The third-order valence-electron chi connectivity index (χ3n) is 4.38. The van der Waals surface area contributed by atoms with Crippen molar-refractivity contribution < 1.29 is 8.42 Å². The molecule has 0 fully saturated rings. The second kappa shape index (κ2) is 5.59. The second-order valence-electron chi connectivity index (χ2n) is 6.04. The third-order valence-corrected chi connectivity index (χ3v) is 5.93. The number of aromatic amines is 1. The van der Waals surface area contributed by atoms with Gasteiger partial charge in [-0.05, 0) is 23.8 Å². The van der Waals surface area contributed by atoms with Crippen LogP contribution in [0.15, 0.2) is 31.1 Å². The van der Waals surface area contributed by atoms with Gasteiger partial charge in [0.25, 0.3) is 0 Å². The minimum atomic E-state index is -3.10. The van der Waals surface area contributed by atoms with Crippen molar-refractivity contribution >= 4 is 44.1 Å². The van der Waals surface area contributed by atoms with Crippen LogP contribution in [0, 0.1) is 0 Å². The molecular formula is C17H17N5O2S. The van der Waals surface area contributed by atoms with Crippen LogP contribution in [0.5, 0.6) is 0 Å². The fourth-order valence-corrected chi connectivity index (χ4v) is 4.54. The highest BCUT2D eigenvalue weighted by atomic mass is 32.2. The van der Waals surface area contributed by atoms with E-state index >= 15 is 0 Å². The van der Waals surface area contributed by atoms with Crippen LogP contribution in [0.2, 0.25) is 0 Å². The topological polar surface area (TPSA) is 114 Å². The summed E-state index contributed by atoms with van der Waals surface area (Å²) in [5.74, 6) is 0.729. The van der Waals surface area contributed by atoms with Gasteiger partial charge in [0.1, 0.15) is 17.8 Å². The van der Waals surface area contributed by atoms with Crippen LogP contribution in [-0.2, 0) is 22.0 Å². The number of aryl methyl sites for hydroxylation is 1. The molecule has 0 saturated carbocycles. The fraction of sp³-hybridized carbons (Fsp3) is 0.176. The first-order chi connectivity index (χ1) is 12.0. The second-order valence-corrected chi connectivity index (χ2v) is 8.23. The maximum atomic E-state index is 12.0. The smallest absolute Gasteiger partial charge is 0.154 e. The molecular weight excluding hydrogens is 338 g/mol. The van der Waals surface area contributed by atoms with Gasteiger partial charge in [0, 0.05) is 29.1 Å². The van der Waals surface area contributed by atoms with E-state index in [1.54, 1.807) is 12.1 Å². The zero-order chi connectivity index (χ0) is 17.6. The number of aromatic nitrogens is 3. The zero-order valence-corrected chi connectivity index (χ0v) is 14.2. The first-order valence-electron chi connectivity index (χ1n) is 7.81. The Hall–Kier alpha value is -2.87. The van der Waals surface area contributed by atoms with Gasteiger partial charge in [-0.15, -0.1) is 0 Å². The van der Waals surface area contributed by atoms with E-state index in [2.05, 4.69) is 26.8 Å². The zero-order valence-electron chi connectivity index (χ0n) is 13.4. The highest BCUT2D eigenvalue weighted by Gasteiger charge is 2.27. The van der Waals surface area contributed by atoms with Crippen molar-refractivity contribution in [3.63, 3.8) is 0 Å². The number of hydrogen-bond acceptors (Lipinski definition) is 6. The number of hydrogen-bond donors (Lipinski definition) is 3. The summed E-state index contributed by atoms with van der Waals surface area (Å²) in [4.78, 5) is 11.8. The number of nitrogens with one attached hydrogen (secondary N) is 2. The summed E-state index contributed by atoms with van der Waals surface area (Å²) < 4.78 is 24.1. The Morgan fingerprint density at radius 2 is 2.16 bits per heavy atom. The minimum Gasteiger partial charge on any atom is -0.398 e. The van der Waals surface area contributed by atoms with Crippen LogP contribution >= 0.6 is 0 Å². The fourth-order valence-electron chi connectivity index (χ4n) is 3.12. The summed E-state index contributed by atoms with van der Waals surface area (Å²) in [7, 11) is -3.10. The number of anilines is 3. The van der Waals surface area contributed by atoms with Crippen molar-refractivity contribution in [1.82, 2.24) is 15.0 Å². The lowest BCUT2D eigenvalue weighted by atomic mass is 10.1. The van der Waals surface area contributed by atoms with Crippen molar-refractivity contribution in [3.05, 3.63) is 47.9 Å². The Morgan fingerprint density at radius 1 is 1.32 bits per heavy atom. The van der Waals surface area contributed by atoms with Gasteiger partial charge in [-0.25, -0.2) is 18.4 Å². The Bertz CT molecular complexity index is 1100. The average Bonchev–Trinajstić information content (AvgIpc) is 2.94. The number of H-pyrrole nitrogens is 1. The van der Waals surface area contributed by atoms with Crippen molar-refractivity contribution in [1.29, 1.82) is 0 Å². The normalized spacial score (nSPS) is 15.7. The van der Waals surface area contributed by atoms with Crippen LogP contribution in [0.4, 0.5) is 17.2 Å². The average molecular weight is 355 g/mol. The minimum absolute atomic E-state index is 0.00400. The van der Waals surface area contributed by atoms with E-state index in [-0.39, 0.29) is 11.5 Å². The molecule has 128 valence electrons. The molecule has 7 nitrogen and oxygen atoms in total. The Morgan fingerprint density at radius 3 is 2.96 bits per heavy atom. The summed E-state index contributed by atoms with van der Waals surface area (Å²) >= 11 is 0. The molecule has 0 spiro atoms. The standard InChI is InChI=1S/C17H17N5O2S/c1-2-10-7-11(3-4-13(10)18)21-16-15-12-8-25(23,24)6-5-14(12)22-17(15)20-9-19-16/h2-4,7,9H,1,5-6,8,18H2,(H2,19,20,21,22). The molecule has 4 N–H and O–H groups in total. The lowest BCUT2D eigenvalue weighted by molar-refractivity contribution is 0.591.